The molecule has 2 amide bonds. The van der Waals surface area contributed by atoms with E-state index in [0.717, 1.165) is 0 Å². The molecule has 8 heteroatoms. The van der Waals surface area contributed by atoms with Gasteiger partial charge in [0, 0.05) is 6.42 Å². The van der Waals surface area contributed by atoms with Crippen molar-refractivity contribution in [1.29, 1.82) is 0 Å². The number of nitrogens with one attached hydrogen (secondary N) is 2. The van der Waals surface area contributed by atoms with E-state index in [-0.39, 0.29) is 6.42 Å². The van der Waals surface area contributed by atoms with Crippen molar-refractivity contribution in [3.63, 3.8) is 0 Å². The maximum atomic E-state index is 11.9. The van der Waals surface area contributed by atoms with Crippen LogP contribution in [-0.4, -0.2) is 35.9 Å². The lowest BCUT2D eigenvalue weighted by Crippen LogP contribution is -2.49. The number of rotatable bonds is 5. The Balaban J connectivity index is 2.55. The smallest absolute Gasteiger partial charge is 0.405 e. The van der Waals surface area contributed by atoms with E-state index >= 15 is 0 Å². The molecule has 1 unspecified atom stereocenters. The molecular weight excluding hydrogens is 277 g/mol. The van der Waals surface area contributed by atoms with E-state index in [2.05, 4.69) is 0 Å². The minimum absolute atomic E-state index is 0.0182. The molecule has 0 heterocycles. The molecule has 1 aromatic carbocycles. The summed E-state index contributed by atoms with van der Waals surface area (Å²) in [4.78, 5) is 22.2. The molecule has 0 aromatic heterocycles. The van der Waals surface area contributed by atoms with Crippen LogP contribution < -0.4 is 10.6 Å². The molecule has 1 atom stereocenters. The summed E-state index contributed by atoms with van der Waals surface area (Å²) in [6.45, 7) is -1.52. The molecule has 0 aliphatic rings. The molecule has 1 aromatic rings. The highest BCUT2D eigenvalue weighted by Crippen LogP contribution is 2.12. The number of hydrogen-bond acceptors (Lipinski definition) is 2. The van der Waals surface area contributed by atoms with Crippen molar-refractivity contribution < 1.29 is 27.9 Å². The highest BCUT2D eigenvalue weighted by atomic mass is 19.4. The minimum Gasteiger partial charge on any atom is -0.480 e. The first kappa shape index (κ1) is 15.8. The highest BCUT2D eigenvalue weighted by Gasteiger charge is 2.28. The fourth-order valence-electron chi connectivity index (χ4n) is 1.44. The van der Waals surface area contributed by atoms with Gasteiger partial charge in [0.15, 0.2) is 0 Å². The van der Waals surface area contributed by atoms with Crippen LogP contribution in [0.2, 0.25) is 0 Å². The van der Waals surface area contributed by atoms with Crippen molar-refractivity contribution in [3.05, 3.63) is 35.9 Å². The lowest BCUT2D eigenvalue weighted by Gasteiger charge is -2.16. The summed E-state index contributed by atoms with van der Waals surface area (Å²) in [7, 11) is 0. The second-order valence-electron chi connectivity index (χ2n) is 4.02. The monoisotopic (exact) mass is 290 g/mol. The normalized spacial score (nSPS) is 12.6. The van der Waals surface area contributed by atoms with Crippen LogP contribution in [-0.2, 0) is 11.2 Å². The number of alkyl halides is 3. The second kappa shape index (κ2) is 6.78. The number of hydrogen-bond donors (Lipinski definition) is 3. The molecule has 0 fully saturated rings. The van der Waals surface area contributed by atoms with Crippen LogP contribution in [0.25, 0.3) is 0 Å². The number of urea groups is 1. The van der Waals surface area contributed by atoms with Gasteiger partial charge in [0.2, 0.25) is 0 Å². The van der Waals surface area contributed by atoms with Crippen LogP contribution in [0.5, 0.6) is 0 Å². The van der Waals surface area contributed by atoms with E-state index in [9.17, 15) is 22.8 Å². The average Bonchev–Trinajstić information content (AvgIpc) is 2.36. The molecule has 0 spiro atoms. The first-order valence-corrected chi connectivity index (χ1v) is 5.66. The largest absolute Gasteiger partial charge is 0.480 e. The van der Waals surface area contributed by atoms with Crippen LogP contribution >= 0.6 is 0 Å². The summed E-state index contributed by atoms with van der Waals surface area (Å²) in [6, 6.07) is 5.96. The highest BCUT2D eigenvalue weighted by molar-refractivity contribution is 5.82. The predicted molar refractivity (Wildman–Crippen MR) is 64.2 cm³/mol. The van der Waals surface area contributed by atoms with Gasteiger partial charge >= 0.3 is 18.2 Å². The number of halogens is 3. The summed E-state index contributed by atoms with van der Waals surface area (Å²) in [5, 5.41) is 12.5. The van der Waals surface area contributed by atoms with Crippen LogP contribution in [0.3, 0.4) is 0 Å². The minimum atomic E-state index is -4.55. The summed E-state index contributed by atoms with van der Waals surface area (Å²) in [5.74, 6) is -1.32. The Kier molecular flexibility index (Phi) is 5.36. The van der Waals surface area contributed by atoms with Crippen molar-refractivity contribution in [2.75, 3.05) is 6.54 Å². The fraction of sp³-hybridized carbons (Fsp3) is 0.333. The lowest BCUT2D eigenvalue weighted by molar-refractivity contribution is -0.139. The Bertz CT molecular complexity index is 463. The van der Waals surface area contributed by atoms with Crippen molar-refractivity contribution in [2.45, 2.75) is 18.6 Å². The van der Waals surface area contributed by atoms with Gasteiger partial charge in [-0.2, -0.15) is 13.2 Å². The molecule has 0 aliphatic carbocycles. The SMILES string of the molecule is O=C(NCC(F)(F)F)NC(Cc1ccccc1)C(=O)O. The van der Waals surface area contributed by atoms with Crippen LogP contribution in [0.1, 0.15) is 5.56 Å². The van der Waals surface area contributed by atoms with Crippen LogP contribution in [0, 0.1) is 0 Å². The number of carbonyl (C=O) groups excluding carboxylic acids is 1. The van der Waals surface area contributed by atoms with E-state index in [1.54, 1.807) is 35.6 Å². The number of carboxylic acids is 1. The van der Waals surface area contributed by atoms with E-state index in [1.165, 1.54) is 0 Å². The summed E-state index contributed by atoms with van der Waals surface area (Å²) < 4.78 is 35.7. The third kappa shape index (κ3) is 6.07. The molecule has 0 saturated carbocycles. The molecule has 5 nitrogen and oxygen atoms in total. The topological polar surface area (TPSA) is 78.4 Å². The quantitative estimate of drug-likeness (QED) is 0.769. The van der Waals surface area contributed by atoms with Gasteiger partial charge < -0.3 is 15.7 Å². The van der Waals surface area contributed by atoms with Gasteiger partial charge in [0.05, 0.1) is 0 Å². The molecule has 0 saturated heterocycles. The fourth-order valence-corrected chi connectivity index (χ4v) is 1.44. The van der Waals surface area contributed by atoms with Gasteiger partial charge in [0.1, 0.15) is 12.6 Å². The van der Waals surface area contributed by atoms with Gasteiger partial charge in [-0.05, 0) is 5.56 Å². The maximum Gasteiger partial charge on any atom is 0.405 e. The lowest BCUT2D eigenvalue weighted by atomic mass is 10.1. The summed E-state index contributed by atoms with van der Waals surface area (Å²) in [5.41, 5.74) is 0.649. The number of benzene rings is 1. The zero-order valence-corrected chi connectivity index (χ0v) is 10.3. The predicted octanol–water partition coefficient (Wildman–Crippen LogP) is 1.54. The number of carbonyl (C=O) groups is 2. The van der Waals surface area contributed by atoms with Gasteiger partial charge in [-0.25, -0.2) is 9.59 Å². The zero-order chi connectivity index (χ0) is 15.2. The first-order valence-electron chi connectivity index (χ1n) is 5.66. The number of aliphatic carboxylic acids is 1. The van der Waals surface area contributed by atoms with Gasteiger partial charge in [0.25, 0.3) is 0 Å². The van der Waals surface area contributed by atoms with Gasteiger partial charge in [-0.3, -0.25) is 0 Å². The molecule has 110 valence electrons. The van der Waals surface area contributed by atoms with Crippen LogP contribution in [0.15, 0.2) is 30.3 Å². The summed E-state index contributed by atoms with van der Waals surface area (Å²) >= 11 is 0. The molecule has 3 N–H and O–H groups in total. The Labute approximate surface area is 112 Å². The molecule has 0 bridgehead atoms. The van der Waals surface area contributed by atoms with Crippen LogP contribution in [0.4, 0.5) is 18.0 Å². The molecule has 0 aliphatic heterocycles. The van der Waals surface area contributed by atoms with Crippen molar-refractivity contribution in [3.8, 4) is 0 Å². The van der Waals surface area contributed by atoms with Crippen molar-refractivity contribution in [2.24, 2.45) is 0 Å². The maximum absolute atomic E-state index is 11.9. The molecule has 20 heavy (non-hydrogen) atoms. The van der Waals surface area contributed by atoms with Crippen molar-refractivity contribution >= 4 is 12.0 Å². The average molecular weight is 290 g/mol. The molecule has 0 radical (unpaired) electrons. The second-order valence-corrected chi connectivity index (χ2v) is 4.02. The van der Waals surface area contributed by atoms with Gasteiger partial charge in [-0.15, -0.1) is 0 Å². The van der Waals surface area contributed by atoms with Crippen molar-refractivity contribution in [1.82, 2.24) is 10.6 Å². The standard InChI is InChI=1S/C12H13F3N2O3/c13-12(14,15)7-16-11(20)17-9(10(18)19)6-8-4-2-1-3-5-8/h1-5,9H,6-7H2,(H,18,19)(H2,16,17,20). The van der Waals surface area contributed by atoms with Gasteiger partial charge in [-0.1, -0.05) is 30.3 Å². The Hall–Kier alpha value is -2.25. The first-order chi connectivity index (χ1) is 9.28. The zero-order valence-electron chi connectivity index (χ0n) is 10.3. The Morgan fingerprint density at radius 1 is 1.20 bits per heavy atom. The summed E-state index contributed by atoms with van der Waals surface area (Å²) in [6.07, 6.45) is -4.56. The molecular formula is C12H13F3N2O3. The Morgan fingerprint density at radius 3 is 2.30 bits per heavy atom. The van der Waals surface area contributed by atoms with E-state index in [1.807, 2.05) is 5.32 Å². The number of amides is 2. The van der Waals surface area contributed by atoms with E-state index in [4.69, 9.17) is 5.11 Å². The third-order valence-corrected chi connectivity index (χ3v) is 2.34. The Morgan fingerprint density at radius 2 is 1.80 bits per heavy atom. The van der Waals surface area contributed by atoms with E-state index < -0.39 is 30.8 Å². The molecule has 1 rings (SSSR count). The third-order valence-electron chi connectivity index (χ3n) is 2.34. The number of carboxylic acid groups (broad SMARTS) is 1. The van der Waals surface area contributed by atoms with E-state index in [0.29, 0.717) is 5.56 Å².